The molecule has 1 amide bonds. The molecule has 2 aliphatic rings. The molecule has 5 atom stereocenters. The number of nitrogens with two attached hydrogens (primary N) is 1. The summed E-state index contributed by atoms with van der Waals surface area (Å²) in [4.78, 5) is 17.0. The Kier molecular flexibility index (Phi) is 3.75. The van der Waals surface area contributed by atoms with E-state index in [0.29, 0.717) is 23.6 Å². The molecular formula is C16H26N4O2. The molecular weight excluding hydrogens is 280 g/mol. The molecule has 122 valence electrons. The molecule has 3 N–H and O–H groups in total. The topological polar surface area (TPSA) is 94.0 Å². The number of aromatic nitrogens is 2. The molecule has 1 heterocycles. The van der Waals surface area contributed by atoms with Crippen LogP contribution in [0.2, 0.25) is 0 Å². The second kappa shape index (κ2) is 5.33. The summed E-state index contributed by atoms with van der Waals surface area (Å²) in [7, 11) is 0. The van der Waals surface area contributed by atoms with Gasteiger partial charge in [0.05, 0.1) is 5.92 Å². The van der Waals surface area contributed by atoms with E-state index in [1.54, 1.807) is 0 Å². The van der Waals surface area contributed by atoms with E-state index in [2.05, 4.69) is 15.5 Å². The lowest BCUT2D eigenvalue weighted by Gasteiger charge is -2.27. The Balaban J connectivity index is 1.65. The van der Waals surface area contributed by atoms with Gasteiger partial charge >= 0.3 is 0 Å². The molecule has 0 aromatic carbocycles. The van der Waals surface area contributed by atoms with E-state index in [4.69, 9.17) is 10.3 Å². The van der Waals surface area contributed by atoms with Crippen LogP contribution in [0.5, 0.6) is 0 Å². The zero-order valence-corrected chi connectivity index (χ0v) is 13.8. The number of fused-ring (bicyclic) bond motifs is 2. The SMILES string of the molecule is CC(NC(=O)C1C2CCC(C2)C1N)c1nc(C(C)(C)C)no1. The number of rotatable bonds is 3. The summed E-state index contributed by atoms with van der Waals surface area (Å²) < 4.78 is 5.30. The minimum Gasteiger partial charge on any atom is -0.344 e. The van der Waals surface area contributed by atoms with Gasteiger partial charge in [-0.25, -0.2) is 0 Å². The molecule has 0 radical (unpaired) electrons. The van der Waals surface area contributed by atoms with Crippen molar-refractivity contribution in [1.82, 2.24) is 15.5 Å². The molecule has 6 nitrogen and oxygen atoms in total. The van der Waals surface area contributed by atoms with Crippen LogP contribution >= 0.6 is 0 Å². The molecule has 3 rings (SSSR count). The normalized spacial score (nSPS) is 32.2. The Morgan fingerprint density at radius 3 is 2.59 bits per heavy atom. The summed E-state index contributed by atoms with van der Waals surface area (Å²) in [5.41, 5.74) is 6.06. The molecule has 2 fully saturated rings. The van der Waals surface area contributed by atoms with Crippen LogP contribution in [0.1, 0.15) is 64.7 Å². The van der Waals surface area contributed by atoms with Crippen LogP contribution in [-0.2, 0) is 10.2 Å². The summed E-state index contributed by atoms with van der Waals surface area (Å²) >= 11 is 0. The molecule has 5 unspecified atom stereocenters. The molecule has 0 spiro atoms. The summed E-state index contributed by atoms with van der Waals surface area (Å²) in [6.45, 7) is 7.95. The highest BCUT2D eigenvalue weighted by Crippen LogP contribution is 2.47. The van der Waals surface area contributed by atoms with E-state index in [9.17, 15) is 4.79 Å². The van der Waals surface area contributed by atoms with Crippen LogP contribution < -0.4 is 11.1 Å². The van der Waals surface area contributed by atoms with Gasteiger partial charge in [-0.05, 0) is 38.0 Å². The second-order valence-electron chi connectivity index (χ2n) is 7.87. The van der Waals surface area contributed by atoms with Crippen molar-refractivity contribution >= 4 is 5.91 Å². The Morgan fingerprint density at radius 1 is 1.36 bits per heavy atom. The van der Waals surface area contributed by atoms with Crippen molar-refractivity contribution in [2.24, 2.45) is 23.5 Å². The first kappa shape index (κ1) is 15.5. The van der Waals surface area contributed by atoms with Gasteiger partial charge in [0.1, 0.15) is 6.04 Å². The van der Waals surface area contributed by atoms with Crippen molar-refractivity contribution in [3.8, 4) is 0 Å². The number of hydrogen-bond acceptors (Lipinski definition) is 5. The first-order chi connectivity index (χ1) is 10.3. The average Bonchev–Trinajstić information content (AvgIpc) is 3.12. The second-order valence-corrected chi connectivity index (χ2v) is 7.87. The zero-order chi connectivity index (χ0) is 16.1. The highest BCUT2D eigenvalue weighted by molar-refractivity contribution is 5.80. The fourth-order valence-corrected chi connectivity index (χ4v) is 3.81. The van der Waals surface area contributed by atoms with Crippen LogP contribution in [0.4, 0.5) is 0 Å². The quantitative estimate of drug-likeness (QED) is 0.889. The van der Waals surface area contributed by atoms with Gasteiger partial charge in [0, 0.05) is 11.5 Å². The molecule has 2 bridgehead atoms. The van der Waals surface area contributed by atoms with E-state index in [1.165, 1.54) is 6.42 Å². The van der Waals surface area contributed by atoms with Gasteiger partial charge in [-0.1, -0.05) is 25.9 Å². The minimum absolute atomic E-state index is 0.00114. The van der Waals surface area contributed by atoms with Crippen molar-refractivity contribution in [1.29, 1.82) is 0 Å². The molecule has 0 saturated heterocycles. The maximum atomic E-state index is 12.6. The third-order valence-electron chi connectivity index (χ3n) is 5.13. The number of hydrogen-bond donors (Lipinski definition) is 2. The molecule has 1 aromatic rings. The number of amides is 1. The molecule has 2 aliphatic carbocycles. The van der Waals surface area contributed by atoms with Crippen molar-refractivity contribution in [3.05, 3.63) is 11.7 Å². The van der Waals surface area contributed by atoms with Gasteiger partial charge in [-0.3, -0.25) is 4.79 Å². The standard InChI is InChI=1S/C16H26N4O2/c1-8(14-19-15(20-22-14)16(2,3)4)18-13(21)11-9-5-6-10(7-9)12(11)17/h8-12H,5-7,17H2,1-4H3,(H,18,21). The Hall–Kier alpha value is -1.43. The predicted octanol–water partition coefficient (Wildman–Crippen LogP) is 1.92. The Labute approximate surface area is 131 Å². The van der Waals surface area contributed by atoms with Gasteiger partial charge in [-0.2, -0.15) is 4.98 Å². The largest absolute Gasteiger partial charge is 0.344 e. The summed E-state index contributed by atoms with van der Waals surface area (Å²) in [6.07, 6.45) is 3.39. The van der Waals surface area contributed by atoms with Crippen LogP contribution in [0, 0.1) is 17.8 Å². The number of carbonyl (C=O) groups is 1. The van der Waals surface area contributed by atoms with Crippen molar-refractivity contribution in [2.75, 3.05) is 0 Å². The van der Waals surface area contributed by atoms with Gasteiger partial charge < -0.3 is 15.6 Å². The van der Waals surface area contributed by atoms with Gasteiger partial charge in [-0.15, -0.1) is 0 Å². The first-order valence-electron chi connectivity index (χ1n) is 8.17. The smallest absolute Gasteiger partial charge is 0.248 e. The lowest BCUT2D eigenvalue weighted by atomic mass is 9.84. The number of nitrogens with one attached hydrogen (secondary N) is 1. The molecule has 0 aliphatic heterocycles. The average molecular weight is 306 g/mol. The van der Waals surface area contributed by atoms with Gasteiger partial charge in [0.2, 0.25) is 11.8 Å². The maximum Gasteiger partial charge on any atom is 0.248 e. The van der Waals surface area contributed by atoms with Crippen molar-refractivity contribution < 1.29 is 9.32 Å². The Morgan fingerprint density at radius 2 is 2.05 bits per heavy atom. The van der Waals surface area contributed by atoms with Gasteiger partial charge in [0.15, 0.2) is 5.82 Å². The Bertz CT molecular complexity index is 561. The van der Waals surface area contributed by atoms with Crippen LogP contribution in [0.15, 0.2) is 4.52 Å². The highest BCUT2D eigenvalue weighted by atomic mass is 16.5. The fraction of sp³-hybridized carbons (Fsp3) is 0.812. The van der Waals surface area contributed by atoms with E-state index in [0.717, 1.165) is 12.8 Å². The monoisotopic (exact) mass is 306 g/mol. The van der Waals surface area contributed by atoms with E-state index in [-0.39, 0.29) is 29.3 Å². The zero-order valence-electron chi connectivity index (χ0n) is 13.8. The van der Waals surface area contributed by atoms with Crippen LogP contribution in [0.3, 0.4) is 0 Å². The minimum atomic E-state index is -0.289. The van der Waals surface area contributed by atoms with E-state index >= 15 is 0 Å². The van der Waals surface area contributed by atoms with Crippen molar-refractivity contribution in [2.45, 2.75) is 64.5 Å². The molecule has 2 saturated carbocycles. The molecule has 1 aromatic heterocycles. The summed E-state index contributed by atoms with van der Waals surface area (Å²) in [6, 6.07) is -0.291. The number of carbonyl (C=O) groups excluding carboxylic acids is 1. The summed E-state index contributed by atoms with van der Waals surface area (Å²) in [5, 5.41) is 7.01. The third kappa shape index (κ3) is 2.64. The van der Waals surface area contributed by atoms with E-state index in [1.807, 2.05) is 27.7 Å². The highest BCUT2D eigenvalue weighted by Gasteiger charge is 2.49. The number of nitrogens with zero attached hydrogens (tertiary/aromatic N) is 2. The van der Waals surface area contributed by atoms with Crippen molar-refractivity contribution in [3.63, 3.8) is 0 Å². The van der Waals surface area contributed by atoms with E-state index < -0.39 is 0 Å². The lowest BCUT2D eigenvalue weighted by Crippen LogP contribution is -2.45. The predicted molar refractivity (Wildman–Crippen MR) is 81.9 cm³/mol. The lowest BCUT2D eigenvalue weighted by molar-refractivity contribution is -0.127. The summed E-state index contributed by atoms with van der Waals surface area (Å²) in [5.74, 6) is 2.04. The van der Waals surface area contributed by atoms with Crippen LogP contribution in [0.25, 0.3) is 0 Å². The van der Waals surface area contributed by atoms with Gasteiger partial charge in [0.25, 0.3) is 0 Å². The van der Waals surface area contributed by atoms with Crippen LogP contribution in [-0.4, -0.2) is 22.1 Å². The third-order valence-corrected chi connectivity index (χ3v) is 5.13. The maximum absolute atomic E-state index is 12.6. The first-order valence-corrected chi connectivity index (χ1v) is 8.17. The molecule has 22 heavy (non-hydrogen) atoms. The molecule has 6 heteroatoms. The fourth-order valence-electron chi connectivity index (χ4n) is 3.81.